The summed E-state index contributed by atoms with van der Waals surface area (Å²) in [4.78, 5) is 0.660. The number of aliphatic hydroxyl groups excluding tert-OH is 1. The van der Waals surface area contributed by atoms with Crippen LogP contribution in [-0.2, 0) is 0 Å². The van der Waals surface area contributed by atoms with Gasteiger partial charge in [-0.25, -0.2) is 4.39 Å². The molecule has 2 rings (SSSR count). The van der Waals surface area contributed by atoms with E-state index in [0.29, 0.717) is 14.8 Å². The SMILES string of the molecule is OC(c1cc(Br)c(Cl)s1)c1cccc(F)c1Br. The average molecular weight is 400 g/mol. The molecule has 0 saturated carbocycles. The minimum Gasteiger partial charge on any atom is -0.383 e. The summed E-state index contributed by atoms with van der Waals surface area (Å²) in [7, 11) is 0. The van der Waals surface area contributed by atoms with Crippen LogP contribution in [0.5, 0.6) is 0 Å². The van der Waals surface area contributed by atoms with E-state index < -0.39 is 11.9 Å². The highest BCUT2D eigenvalue weighted by atomic mass is 79.9. The van der Waals surface area contributed by atoms with Gasteiger partial charge in [0.2, 0.25) is 0 Å². The molecule has 6 heteroatoms. The molecule has 2 aromatic rings. The molecule has 1 nitrogen and oxygen atoms in total. The quantitative estimate of drug-likeness (QED) is 0.739. The van der Waals surface area contributed by atoms with E-state index in [-0.39, 0.29) is 4.47 Å². The number of aliphatic hydroxyl groups is 1. The Hall–Kier alpha value is 0.0600. The molecule has 0 aliphatic heterocycles. The summed E-state index contributed by atoms with van der Waals surface area (Å²) in [5.41, 5.74) is 0.482. The van der Waals surface area contributed by atoms with Crippen LogP contribution in [0.25, 0.3) is 0 Å². The van der Waals surface area contributed by atoms with Crippen molar-refractivity contribution < 1.29 is 9.50 Å². The molecule has 1 atom stereocenters. The molecule has 1 aromatic heterocycles. The minimum absolute atomic E-state index is 0.271. The van der Waals surface area contributed by atoms with Gasteiger partial charge in [-0.2, -0.15) is 0 Å². The number of hydrogen-bond acceptors (Lipinski definition) is 2. The zero-order chi connectivity index (χ0) is 12.6. The van der Waals surface area contributed by atoms with Crippen LogP contribution in [0.4, 0.5) is 4.39 Å². The van der Waals surface area contributed by atoms with Crippen LogP contribution in [0.3, 0.4) is 0 Å². The Morgan fingerprint density at radius 3 is 2.65 bits per heavy atom. The topological polar surface area (TPSA) is 20.2 Å². The first-order valence-corrected chi connectivity index (χ1v) is 7.35. The van der Waals surface area contributed by atoms with Gasteiger partial charge in [-0.15, -0.1) is 11.3 Å². The summed E-state index contributed by atoms with van der Waals surface area (Å²) >= 11 is 13.6. The summed E-state index contributed by atoms with van der Waals surface area (Å²) in [6.07, 6.45) is -0.895. The summed E-state index contributed by atoms with van der Waals surface area (Å²) in [6.45, 7) is 0. The van der Waals surface area contributed by atoms with Crippen LogP contribution in [0.1, 0.15) is 16.5 Å². The molecule has 0 saturated heterocycles. The van der Waals surface area contributed by atoms with Crippen molar-refractivity contribution in [3.05, 3.63) is 53.8 Å². The van der Waals surface area contributed by atoms with Gasteiger partial charge in [-0.05, 0) is 44.0 Å². The Kier molecular flexibility index (Phi) is 4.26. The van der Waals surface area contributed by atoms with Gasteiger partial charge in [0.1, 0.15) is 16.3 Å². The fraction of sp³-hybridized carbons (Fsp3) is 0.0909. The van der Waals surface area contributed by atoms with Crippen LogP contribution in [0.2, 0.25) is 4.34 Å². The zero-order valence-corrected chi connectivity index (χ0v) is 13.0. The Balaban J connectivity index is 2.43. The Morgan fingerprint density at radius 1 is 1.35 bits per heavy atom. The van der Waals surface area contributed by atoms with E-state index in [1.807, 2.05) is 0 Å². The fourth-order valence-corrected chi connectivity index (χ4v) is 3.61. The summed E-state index contributed by atoms with van der Waals surface area (Å²) in [5, 5.41) is 10.2. The predicted molar refractivity (Wildman–Crippen MR) is 75.2 cm³/mol. The molecular formula is C11H6Br2ClFOS. The zero-order valence-electron chi connectivity index (χ0n) is 8.25. The lowest BCUT2D eigenvalue weighted by atomic mass is 10.1. The van der Waals surface area contributed by atoms with E-state index in [0.717, 1.165) is 4.47 Å². The van der Waals surface area contributed by atoms with Crippen molar-refractivity contribution in [1.29, 1.82) is 0 Å². The highest BCUT2D eigenvalue weighted by Gasteiger charge is 2.19. The highest BCUT2D eigenvalue weighted by Crippen LogP contribution is 2.39. The average Bonchev–Trinajstić information content (AvgIpc) is 2.62. The van der Waals surface area contributed by atoms with E-state index in [1.54, 1.807) is 18.2 Å². The highest BCUT2D eigenvalue weighted by molar-refractivity contribution is 9.10. The number of benzene rings is 1. The number of halogens is 4. The van der Waals surface area contributed by atoms with Gasteiger partial charge in [0.05, 0.1) is 4.47 Å². The lowest BCUT2D eigenvalue weighted by Gasteiger charge is -2.11. The third kappa shape index (κ3) is 2.74. The Bertz CT molecular complexity index is 539. The second-order valence-corrected chi connectivity index (χ2v) is 6.65. The summed E-state index contributed by atoms with van der Waals surface area (Å²) < 4.78 is 14.9. The van der Waals surface area contributed by atoms with Crippen molar-refractivity contribution in [2.24, 2.45) is 0 Å². The maximum absolute atomic E-state index is 13.3. The molecule has 0 radical (unpaired) electrons. The van der Waals surface area contributed by atoms with Crippen molar-refractivity contribution in [3.63, 3.8) is 0 Å². The van der Waals surface area contributed by atoms with E-state index >= 15 is 0 Å². The van der Waals surface area contributed by atoms with Crippen molar-refractivity contribution in [1.82, 2.24) is 0 Å². The molecular weight excluding hydrogens is 394 g/mol. The van der Waals surface area contributed by atoms with Crippen LogP contribution in [-0.4, -0.2) is 5.11 Å². The maximum Gasteiger partial charge on any atom is 0.137 e. The van der Waals surface area contributed by atoms with E-state index in [9.17, 15) is 9.50 Å². The Labute approximate surface area is 123 Å². The monoisotopic (exact) mass is 398 g/mol. The third-order valence-corrected chi connectivity index (χ3v) is 5.57. The Morgan fingerprint density at radius 2 is 2.06 bits per heavy atom. The smallest absolute Gasteiger partial charge is 0.137 e. The van der Waals surface area contributed by atoms with Gasteiger partial charge in [0.15, 0.2) is 0 Å². The predicted octanol–water partition coefficient (Wildman–Crippen LogP) is 5.15. The molecule has 0 bridgehead atoms. The molecule has 0 spiro atoms. The number of thiophene rings is 1. The maximum atomic E-state index is 13.3. The molecule has 1 unspecified atom stereocenters. The molecule has 1 heterocycles. The van der Waals surface area contributed by atoms with Crippen LogP contribution >= 0.6 is 54.8 Å². The third-order valence-electron chi connectivity index (χ3n) is 2.21. The van der Waals surface area contributed by atoms with Crippen molar-refractivity contribution in [2.75, 3.05) is 0 Å². The molecule has 0 aliphatic carbocycles. The molecule has 17 heavy (non-hydrogen) atoms. The van der Waals surface area contributed by atoms with E-state index in [4.69, 9.17) is 11.6 Å². The van der Waals surface area contributed by atoms with E-state index in [1.165, 1.54) is 17.4 Å². The van der Waals surface area contributed by atoms with E-state index in [2.05, 4.69) is 31.9 Å². The van der Waals surface area contributed by atoms with Crippen molar-refractivity contribution in [2.45, 2.75) is 6.10 Å². The van der Waals surface area contributed by atoms with Crippen LogP contribution < -0.4 is 0 Å². The van der Waals surface area contributed by atoms with Crippen LogP contribution in [0.15, 0.2) is 33.2 Å². The molecule has 0 fully saturated rings. The number of rotatable bonds is 2. The largest absolute Gasteiger partial charge is 0.383 e. The standard InChI is InChI=1S/C11H6Br2ClFOS/c12-6-4-8(17-11(6)14)10(16)5-2-1-3-7(15)9(5)13/h1-4,10,16H. The first-order chi connectivity index (χ1) is 8.00. The first-order valence-electron chi connectivity index (χ1n) is 4.57. The second-order valence-electron chi connectivity index (χ2n) is 3.32. The number of hydrogen-bond donors (Lipinski definition) is 1. The van der Waals surface area contributed by atoms with Crippen LogP contribution in [0, 0.1) is 5.82 Å². The molecule has 90 valence electrons. The lowest BCUT2D eigenvalue weighted by Crippen LogP contribution is -1.99. The van der Waals surface area contributed by atoms with Crippen molar-refractivity contribution in [3.8, 4) is 0 Å². The molecule has 0 aliphatic rings. The summed E-state index contributed by atoms with van der Waals surface area (Å²) in [5.74, 6) is -0.400. The molecule has 1 aromatic carbocycles. The normalized spacial score (nSPS) is 12.8. The van der Waals surface area contributed by atoms with Crippen molar-refractivity contribution >= 4 is 54.8 Å². The van der Waals surface area contributed by atoms with Gasteiger partial charge in [-0.1, -0.05) is 23.7 Å². The molecule has 1 N–H and O–H groups in total. The van der Waals surface area contributed by atoms with Gasteiger partial charge in [0.25, 0.3) is 0 Å². The minimum atomic E-state index is -0.895. The van der Waals surface area contributed by atoms with Gasteiger partial charge >= 0.3 is 0 Å². The first kappa shape index (κ1) is 13.5. The second kappa shape index (κ2) is 5.36. The fourth-order valence-electron chi connectivity index (χ4n) is 1.38. The van der Waals surface area contributed by atoms with Gasteiger partial charge in [-0.3, -0.25) is 0 Å². The molecule has 0 amide bonds. The van der Waals surface area contributed by atoms with Gasteiger partial charge in [0, 0.05) is 14.9 Å². The van der Waals surface area contributed by atoms with Gasteiger partial charge < -0.3 is 5.11 Å². The lowest BCUT2D eigenvalue weighted by molar-refractivity contribution is 0.222. The summed E-state index contributed by atoms with van der Waals surface area (Å²) in [6, 6.07) is 6.29.